The summed E-state index contributed by atoms with van der Waals surface area (Å²) in [7, 11) is 0. The Kier molecular flexibility index (Phi) is 11.8. The Morgan fingerprint density at radius 1 is 0.774 bits per heavy atom. The van der Waals surface area contributed by atoms with Gasteiger partial charge in [0.2, 0.25) is 11.8 Å². The van der Waals surface area contributed by atoms with Crippen LogP contribution in [0.15, 0.2) is 84.9 Å². The molecule has 6 aliphatic rings. The highest BCUT2D eigenvalue weighted by Crippen LogP contribution is 2.42. The van der Waals surface area contributed by atoms with Gasteiger partial charge in [0.05, 0.1) is 16.8 Å². The standard InChI is InChI=1S/C48H49ClFN5O7/c49-18-15-38(30-1-7-35(56)8-2-30)45(31-3-9-36(57)10-4-31)32-5-11-37(12-6-32)62-22-21-52-19-16-29(17-20-52)26-53-27-33-23-34(28-53)54(33)43-25-40-39(24-41(43)50)47(60)55(48(40)61)42-13-14-44(58)51-46(42)59/h1-12,24-25,29,33-34,42,56-57H,13-23,26-28H2,(H,51,58,59). The van der Waals surface area contributed by atoms with Crippen molar-refractivity contribution < 1.29 is 38.5 Å². The van der Waals surface area contributed by atoms with Crippen molar-refractivity contribution in [2.24, 2.45) is 5.92 Å². The lowest BCUT2D eigenvalue weighted by Crippen LogP contribution is -2.69. The van der Waals surface area contributed by atoms with E-state index in [9.17, 15) is 29.4 Å². The topological polar surface area (TPSA) is 143 Å². The number of phenolic OH excluding ortho intramolecular Hbond substituents is 2. The second-order valence-corrected chi connectivity index (χ2v) is 17.4. The van der Waals surface area contributed by atoms with E-state index in [-0.39, 0.29) is 47.6 Å². The number of anilines is 1. The van der Waals surface area contributed by atoms with Crippen LogP contribution >= 0.6 is 11.6 Å². The van der Waals surface area contributed by atoms with Gasteiger partial charge in [-0.2, -0.15) is 0 Å². The quantitative estimate of drug-likeness (QED) is 0.0799. The second-order valence-electron chi connectivity index (χ2n) is 17.0. The Bertz CT molecular complexity index is 2390. The number of likely N-dealkylation sites (tertiary alicyclic amines) is 1. The molecule has 6 heterocycles. The van der Waals surface area contributed by atoms with Crippen molar-refractivity contribution in [2.45, 2.75) is 56.7 Å². The molecule has 4 aromatic rings. The largest absolute Gasteiger partial charge is 0.508 e. The average Bonchev–Trinajstić information content (AvgIpc) is 3.49. The van der Waals surface area contributed by atoms with Gasteiger partial charge in [0.25, 0.3) is 11.8 Å². The van der Waals surface area contributed by atoms with Gasteiger partial charge in [-0.05, 0) is 127 Å². The maximum Gasteiger partial charge on any atom is 0.262 e. The van der Waals surface area contributed by atoms with Gasteiger partial charge < -0.3 is 19.8 Å². The Balaban J connectivity index is 0.759. The molecule has 0 aliphatic carbocycles. The molecule has 4 aromatic carbocycles. The highest BCUT2D eigenvalue weighted by Gasteiger charge is 2.49. The lowest BCUT2D eigenvalue weighted by atomic mass is 9.85. The van der Waals surface area contributed by atoms with E-state index in [0.29, 0.717) is 30.5 Å². The lowest BCUT2D eigenvalue weighted by molar-refractivity contribution is -0.136. The average molecular weight is 862 g/mol. The Morgan fingerprint density at radius 2 is 1.37 bits per heavy atom. The number of aromatic hydroxyl groups is 2. The molecule has 3 unspecified atom stereocenters. The lowest BCUT2D eigenvalue weighted by Gasteiger charge is -2.58. The number of alkyl halides is 1. The Hall–Kier alpha value is -5.76. The van der Waals surface area contributed by atoms with Crippen LogP contribution in [-0.4, -0.2) is 118 Å². The van der Waals surface area contributed by atoms with E-state index in [4.69, 9.17) is 16.3 Å². The molecule has 4 amide bonds. The van der Waals surface area contributed by atoms with Crippen molar-refractivity contribution >= 4 is 52.1 Å². The number of amides is 4. The van der Waals surface area contributed by atoms with Crippen LogP contribution in [0, 0.1) is 11.7 Å². The number of imide groups is 2. The van der Waals surface area contributed by atoms with Crippen molar-refractivity contribution in [1.82, 2.24) is 20.0 Å². The zero-order valence-corrected chi connectivity index (χ0v) is 35.0. The number of halogens is 2. The summed E-state index contributed by atoms with van der Waals surface area (Å²) in [4.78, 5) is 58.6. The van der Waals surface area contributed by atoms with Crippen molar-refractivity contribution in [3.63, 3.8) is 0 Å². The number of phenols is 2. The molecular weight excluding hydrogens is 813 g/mol. The first-order chi connectivity index (χ1) is 30.0. The monoisotopic (exact) mass is 861 g/mol. The summed E-state index contributed by atoms with van der Waals surface area (Å²) in [5.74, 6) is -0.885. The first kappa shape index (κ1) is 41.6. The number of rotatable bonds is 13. The van der Waals surface area contributed by atoms with Gasteiger partial charge in [0, 0.05) is 50.6 Å². The summed E-state index contributed by atoms with van der Waals surface area (Å²) in [6, 6.07) is 24.1. The number of carbonyl (C=O) groups excluding carboxylic acids is 4. The van der Waals surface area contributed by atoms with Crippen LogP contribution in [-0.2, 0) is 9.59 Å². The molecule has 0 aromatic heterocycles. The number of ether oxygens (including phenoxy) is 1. The van der Waals surface area contributed by atoms with Crippen LogP contribution in [0.1, 0.15) is 75.9 Å². The van der Waals surface area contributed by atoms with Crippen LogP contribution in [0.5, 0.6) is 17.2 Å². The van der Waals surface area contributed by atoms with E-state index in [1.54, 1.807) is 24.3 Å². The zero-order valence-electron chi connectivity index (χ0n) is 34.3. The fourth-order valence-corrected chi connectivity index (χ4v) is 10.2. The first-order valence-corrected chi connectivity index (χ1v) is 22.0. The van der Waals surface area contributed by atoms with E-state index in [2.05, 4.69) is 20.0 Å². The van der Waals surface area contributed by atoms with Crippen LogP contribution in [0.2, 0.25) is 0 Å². The minimum absolute atomic E-state index is 0.0229. The second kappa shape index (κ2) is 17.5. The molecule has 0 spiro atoms. The first-order valence-electron chi connectivity index (χ1n) is 21.4. The van der Waals surface area contributed by atoms with E-state index in [1.807, 2.05) is 48.5 Å². The third-order valence-corrected chi connectivity index (χ3v) is 13.3. The number of benzene rings is 4. The Morgan fingerprint density at radius 3 is 1.98 bits per heavy atom. The molecule has 5 saturated heterocycles. The number of allylic oxidation sites excluding steroid dienone is 1. The summed E-state index contributed by atoms with van der Waals surface area (Å²) in [5.41, 5.74) is 5.29. The summed E-state index contributed by atoms with van der Waals surface area (Å²) >= 11 is 6.31. The summed E-state index contributed by atoms with van der Waals surface area (Å²) in [5, 5.41) is 22.1. The molecule has 62 heavy (non-hydrogen) atoms. The van der Waals surface area contributed by atoms with Crippen molar-refractivity contribution in [3.8, 4) is 17.2 Å². The third-order valence-electron chi connectivity index (χ3n) is 13.1. The number of fused-ring (bicyclic) bond motifs is 3. The fourth-order valence-electron chi connectivity index (χ4n) is 10.00. The molecule has 12 nitrogen and oxygen atoms in total. The van der Waals surface area contributed by atoms with Gasteiger partial charge in [0.1, 0.15) is 35.7 Å². The highest BCUT2D eigenvalue weighted by atomic mass is 35.5. The van der Waals surface area contributed by atoms with Gasteiger partial charge in [-0.1, -0.05) is 36.4 Å². The molecule has 10 rings (SSSR count). The normalized spacial score (nSPS) is 22.3. The van der Waals surface area contributed by atoms with Gasteiger partial charge >= 0.3 is 0 Å². The van der Waals surface area contributed by atoms with E-state index in [1.165, 1.54) is 6.07 Å². The van der Waals surface area contributed by atoms with Crippen LogP contribution in [0.4, 0.5) is 10.1 Å². The molecule has 5 fully saturated rings. The van der Waals surface area contributed by atoms with E-state index in [0.717, 1.165) is 103 Å². The van der Waals surface area contributed by atoms with Crippen LogP contribution in [0.3, 0.4) is 0 Å². The summed E-state index contributed by atoms with van der Waals surface area (Å²) in [6.45, 7) is 5.95. The molecular formula is C48H49ClFN5O7. The van der Waals surface area contributed by atoms with Crippen molar-refractivity contribution in [1.29, 1.82) is 0 Å². The molecule has 322 valence electrons. The maximum atomic E-state index is 15.6. The van der Waals surface area contributed by atoms with Gasteiger partial charge in [0.15, 0.2) is 0 Å². The highest BCUT2D eigenvalue weighted by molar-refractivity contribution is 6.24. The number of hydrogen-bond acceptors (Lipinski definition) is 10. The van der Waals surface area contributed by atoms with Gasteiger partial charge in [-0.15, -0.1) is 11.6 Å². The van der Waals surface area contributed by atoms with Crippen molar-refractivity contribution in [2.75, 3.05) is 56.7 Å². The maximum absolute atomic E-state index is 15.6. The number of piperidine rings is 3. The SMILES string of the molecule is O=C1CCC(N2C(=O)c3cc(F)c(N4C5CC4CN(CC4CCN(CCOc6ccc(C(=C(CCCl)c7ccc(O)cc7)c7ccc(O)cc7)cc6)CC4)C5)cc3C2=O)C(=O)N1. The number of hydrogen-bond donors (Lipinski definition) is 3. The summed E-state index contributed by atoms with van der Waals surface area (Å²) in [6.07, 6.45) is 3.79. The van der Waals surface area contributed by atoms with E-state index >= 15 is 4.39 Å². The molecule has 3 N–H and O–H groups in total. The fraction of sp³-hybridized carbons (Fsp3) is 0.375. The molecule has 2 bridgehead atoms. The number of carbonyl (C=O) groups is 4. The zero-order chi connectivity index (χ0) is 43.1. The number of nitrogens with one attached hydrogen (secondary N) is 1. The predicted octanol–water partition coefficient (Wildman–Crippen LogP) is 6.28. The van der Waals surface area contributed by atoms with Gasteiger partial charge in [-0.25, -0.2) is 4.39 Å². The Labute approximate surface area is 364 Å². The van der Waals surface area contributed by atoms with E-state index < -0.39 is 35.5 Å². The van der Waals surface area contributed by atoms with Crippen LogP contribution in [0.25, 0.3) is 11.1 Å². The number of nitrogens with zero attached hydrogens (tertiary/aromatic N) is 4. The third kappa shape index (κ3) is 8.28. The molecule has 0 radical (unpaired) electrons. The van der Waals surface area contributed by atoms with Crippen LogP contribution < -0.4 is 15.0 Å². The predicted molar refractivity (Wildman–Crippen MR) is 233 cm³/mol. The molecule has 6 aliphatic heterocycles. The minimum Gasteiger partial charge on any atom is -0.508 e. The smallest absolute Gasteiger partial charge is 0.262 e. The number of piperazine rings is 1. The summed E-state index contributed by atoms with van der Waals surface area (Å²) < 4.78 is 21.9. The molecule has 14 heteroatoms. The van der Waals surface area contributed by atoms with Crippen molar-refractivity contribution in [3.05, 3.63) is 119 Å². The van der Waals surface area contributed by atoms with Gasteiger partial charge in [-0.3, -0.25) is 39.2 Å². The molecule has 0 saturated carbocycles. The minimum atomic E-state index is -1.09. The molecule has 3 atom stereocenters.